The highest BCUT2D eigenvalue weighted by atomic mass is 32.2. The predicted octanol–water partition coefficient (Wildman–Crippen LogP) is 5.93. The van der Waals surface area contributed by atoms with Crippen LogP contribution in [-0.4, -0.2) is 16.9 Å². The summed E-state index contributed by atoms with van der Waals surface area (Å²) in [5, 5.41) is 3.91. The van der Waals surface area contributed by atoms with Gasteiger partial charge in [0.25, 0.3) is 5.91 Å². The standard InChI is InChI=1S/C21H19F3N2OS/c1-3-13(2)25-20(27)15-12-19(26-17-10-6-4-8-14(15)17)28-18-11-7-5-9-16(18)21(22,23)24/h4-13H,3H2,1-2H3,(H,25,27)/t13-/m1/s1. The lowest BCUT2D eigenvalue weighted by molar-refractivity contribution is -0.139. The molecule has 1 atom stereocenters. The van der Waals surface area contributed by atoms with Crippen LogP contribution in [0.2, 0.25) is 0 Å². The van der Waals surface area contributed by atoms with Gasteiger partial charge in [-0.2, -0.15) is 13.2 Å². The van der Waals surface area contributed by atoms with E-state index in [-0.39, 0.29) is 16.8 Å². The normalized spacial score (nSPS) is 12.8. The molecular weight excluding hydrogens is 385 g/mol. The summed E-state index contributed by atoms with van der Waals surface area (Å²) in [4.78, 5) is 17.2. The number of pyridine rings is 1. The zero-order valence-electron chi connectivity index (χ0n) is 15.4. The molecule has 28 heavy (non-hydrogen) atoms. The summed E-state index contributed by atoms with van der Waals surface area (Å²) < 4.78 is 39.9. The number of fused-ring (bicyclic) bond motifs is 1. The van der Waals surface area contributed by atoms with Gasteiger partial charge in [-0.05, 0) is 37.6 Å². The van der Waals surface area contributed by atoms with Crippen LogP contribution < -0.4 is 5.32 Å². The summed E-state index contributed by atoms with van der Waals surface area (Å²) in [5.74, 6) is -0.265. The van der Waals surface area contributed by atoms with Gasteiger partial charge in [-0.3, -0.25) is 4.79 Å². The lowest BCUT2D eigenvalue weighted by Crippen LogP contribution is -2.32. The SMILES string of the molecule is CC[C@@H](C)NC(=O)c1cc(Sc2ccccc2C(F)(F)F)nc2ccccc12. The van der Waals surface area contributed by atoms with Crippen LogP contribution >= 0.6 is 11.8 Å². The number of benzene rings is 2. The number of carbonyl (C=O) groups excluding carboxylic acids is 1. The quantitative estimate of drug-likeness (QED) is 0.573. The molecule has 3 nitrogen and oxygen atoms in total. The molecule has 3 rings (SSSR count). The summed E-state index contributed by atoms with van der Waals surface area (Å²) in [5.41, 5.74) is 0.241. The number of aromatic nitrogens is 1. The number of hydrogen-bond donors (Lipinski definition) is 1. The monoisotopic (exact) mass is 404 g/mol. The van der Waals surface area contributed by atoms with E-state index in [0.717, 1.165) is 24.2 Å². The molecule has 0 fully saturated rings. The van der Waals surface area contributed by atoms with E-state index in [1.165, 1.54) is 12.1 Å². The fraction of sp³-hybridized carbons (Fsp3) is 0.238. The second-order valence-corrected chi connectivity index (χ2v) is 7.47. The number of halogens is 3. The average molecular weight is 404 g/mol. The van der Waals surface area contributed by atoms with Crippen molar-refractivity contribution in [2.24, 2.45) is 0 Å². The lowest BCUT2D eigenvalue weighted by Gasteiger charge is -2.15. The number of amides is 1. The Morgan fingerprint density at radius 2 is 1.82 bits per heavy atom. The molecule has 0 aliphatic carbocycles. The van der Waals surface area contributed by atoms with Gasteiger partial charge in [0.1, 0.15) is 5.03 Å². The summed E-state index contributed by atoms with van der Waals surface area (Å²) in [7, 11) is 0. The zero-order chi connectivity index (χ0) is 20.3. The molecule has 1 aromatic heterocycles. The Labute approximate surface area is 165 Å². The third-order valence-corrected chi connectivity index (χ3v) is 5.33. The van der Waals surface area contributed by atoms with Crippen LogP contribution in [0.4, 0.5) is 13.2 Å². The topological polar surface area (TPSA) is 42.0 Å². The van der Waals surface area contributed by atoms with Gasteiger partial charge >= 0.3 is 6.18 Å². The molecule has 0 saturated carbocycles. The van der Waals surface area contributed by atoms with E-state index in [1.54, 1.807) is 36.4 Å². The van der Waals surface area contributed by atoms with Crippen molar-refractivity contribution in [1.29, 1.82) is 0 Å². The summed E-state index contributed by atoms with van der Waals surface area (Å²) in [6.45, 7) is 3.86. The Morgan fingerprint density at radius 1 is 1.14 bits per heavy atom. The number of alkyl halides is 3. The van der Waals surface area contributed by atoms with Crippen molar-refractivity contribution in [3.8, 4) is 0 Å². The van der Waals surface area contributed by atoms with Crippen molar-refractivity contribution >= 4 is 28.6 Å². The first-order valence-electron chi connectivity index (χ1n) is 8.84. The van der Waals surface area contributed by atoms with Crippen LogP contribution in [0, 0.1) is 0 Å². The fourth-order valence-corrected chi connectivity index (χ4v) is 3.68. The number of hydrogen-bond acceptors (Lipinski definition) is 3. The van der Waals surface area contributed by atoms with E-state index in [0.29, 0.717) is 21.5 Å². The Kier molecular flexibility index (Phi) is 5.93. The van der Waals surface area contributed by atoms with Gasteiger partial charge in [-0.25, -0.2) is 4.98 Å². The van der Waals surface area contributed by atoms with Crippen molar-refractivity contribution in [1.82, 2.24) is 10.3 Å². The van der Waals surface area contributed by atoms with Crippen LogP contribution in [0.3, 0.4) is 0 Å². The molecule has 7 heteroatoms. The molecular formula is C21H19F3N2OS. The molecule has 3 aromatic rings. The Balaban J connectivity index is 2.05. The average Bonchev–Trinajstić information content (AvgIpc) is 2.66. The third-order valence-electron chi connectivity index (χ3n) is 4.33. The van der Waals surface area contributed by atoms with Gasteiger partial charge in [0.05, 0.1) is 16.6 Å². The number of nitrogens with one attached hydrogen (secondary N) is 1. The molecule has 0 radical (unpaired) electrons. The van der Waals surface area contributed by atoms with E-state index in [4.69, 9.17) is 0 Å². The van der Waals surface area contributed by atoms with E-state index < -0.39 is 11.7 Å². The maximum atomic E-state index is 13.3. The molecule has 0 aliphatic heterocycles. The Bertz CT molecular complexity index is 1000. The lowest BCUT2D eigenvalue weighted by atomic mass is 10.1. The molecule has 0 bridgehead atoms. The first kappa shape index (κ1) is 20.2. The maximum absolute atomic E-state index is 13.3. The second kappa shape index (κ2) is 8.22. The largest absolute Gasteiger partial charge is 0.417 e. The Morgan fingerprint density at radius 3 is 2.54 bits per heavy atom. The highest BCUT2D eigenvalue weighted by Gasteiger charge is 2.33. The van der Waals surface area contributed by atoms with Gasteiger partial charge < -0.3 is 5.32 Å². The van der Waals surface area contributed by atoms with Crippen molar-refractivity contribution in [3.05, 3.63) is 65.7 Å². The smallest absolute Gasteiger partial charge is 0.350 e. The van der Waals surface area contributed by atoms with E-state index in [2.05, 4.69) is 10.3 Å². The molecule has 2 aromatic carbocycles. The third kappa shape index (κ3) is 4.47. The zero-order valence-corrected chi connectivity index (χ0v) is 16.2. The number of carbonyl (C=O) groups is 1. The van der Waals surface area contributed by atoms with Crippen molar-refractivity contribution in [2.75, 3.05) is 0 Å². The van der Waals surface area contributed by atoms with Gasteiger partial charge in [0.15, 0.2) is 0 Å². The first-order valence-corrected chi connectivity index (χ1v) is 9.66. The Hall–Kier alpha value is -2.54. The van der Waals surface area contributed by atoms with E-state index >= 15 is 0 Å². The predicted molar refractivity (Wildman–Crippen MR) is 105 cm³/mol. The van der Waals surface area contributed by atoms with Gasteiger partial charge in [-0.15, -0.1) is 0 Å². The van der Waals surface area contributed by atoms with Crippen LogP contribution in [0.5, 0.6) is 0 Å². The molecule has 0 spiro atoms. The molecule has 0 unspecified atom stereocenters. The minimum Gasteiger partial charge on any atom is -0.350 e. The van der Waals surface area contributed by atoms with Gasteiger partial charge in [0, 0.05) is 16.3 Å². The molecule has 1 heterocycles. The first-order chi connectivity index (χ1) is 13.3. The molecule has 146 valence electrons. The van der Waals surface area contributed by atoms with Crippen molar-refractivity contribution < 1.29 is 18.0 Å². The maximum Gasteiger partial charge on any atom is 0.417 e. The molecule has 1 N–H and O–H groups in total. The highest BCUT2D eigenvalue weighted by molar-refractivity contribution is 7.99. The van der Waals surface area contributed by atoms with Gasteiger partial charge in [0.2, 0.25) is 0 Å². The molecule has 0 saturated heterocycles. The number of rotatable bonds is 5. The molecule has 0 aliphatic rings. The van der Waals surface area contributed by atoms with Crippen molar-refractivity contribution in [3.63, 3.8) is 0 Å². The summed E-state index contributed by atoms with van der Waals surface area (Å²) >= 11 is 0.901. The molecule has 1 amide bonds. The van der Waals surface area contributed by atoms with Crippen molar-refractivity contribution in [2.45, 2.75) is 42.4 Å². The van der Waals surface area contributed by atoms with Crippen LogP contribution in [-0.2, 0) is 6.18 Å². The number of nitrogens with zero attached hydrogens (tertiary/aromatic N) is 1. The summed E-state index contributed by atoms with van der Waals surface area (Å²) in [6.07, 6.45) is -3.69. The second-order valence-electron chi connectivity index (χ2n) is 6.40. The van der Waals surface area contributed by atoms with E-state index in [9.17, 15) is 18.0 Å². The summed E-state index contributed by atoms with van der Waals surface area (Å²) in [6, 6.07) is 14.0. The fourth-order valence-electron chi connectivity index (χ4n) is 2.70. The van der Waals surface area contributed by atoms with E-state index in [1.807, 2.05) is 13.8 Å². The number of para-hydroxylation sites is 1. The minimum atomic E-state index is -4.46. The van der Waals surface area contributed by atoms with Crippen LogP contribution in [0.25, 0.3) is 10.9 Å². The van der Waals surface area contributed by atoms with Gasteiger partial charge in [-0.1, -0.05) is 49.0 Å². The van der Waals surface area contributed by atoms with Crippen LogP contribution in [0.1, 0.15) is 36.2 Å². The highest BCUT2D eigenvalue weighted by Crippen LogP contribution is 2.39. The van der Waals surface area contributed by atoms with Crippen LogP contribution in [0.15, 0.2) is 64.5 Å². The minimum absolute atomic E-state index is 0.0125.